The van der Waals surface area contributed by atoms with Crippen molar-refractivity contribution in [3.8, 4) is 0 Å². The molecular weight excluding hydrogens is 345 g/mol. The number of hydrogen-bond acceptors (Lipinski definition) is 5. The van der Waals surface area contributed by atoms with Crippen LogP contribution in [0.4, 0.5) is 21.5 Å². The Kier molecular flexibility index (Phi) is 12.9. The Morgan fingerprint density at radius 1 is 1.15 bits per heavy atom. The molecule has 2 aromatic rings. The highest BCUT2D eigenvalue weighted by Crippen LogP contribution is 2.22. The van der Waals surface area contributed by atoms with Crippen molar-refractivity contribution >= 4 is 23.5 Å². The van der Waals surface area contributed by atoms with Crippen LogP contribution in [-0.2, 0) is 16.1 Å². The third-order valence-electron chi connectivity index (χ3n) is 2.97. The first kappa shape index (κ1) is 24.2. The van der Waals surface area contributed by atoms with Gasteiger partial charge in [0.25, 0.3) is 6.47 Å². The molecule has 0 aliphatic heterocycles. The number of carbonyl (C=O) groups is 1. The molecule has 5 nitrogen and oxygen atoms in total. The van der Waals surface area contributed by atoms with Crippen molar-refractivity contribution in [1.29, 1.82) is 0 Å². The van der Waals surface area contributed by atoms with Gasteiger partial charge in [0.1, 0.15) is 5.82 Å². The second-order valence-electron chi connectivity index (χ2n) is 6.32. The number of nitrogens with two attached hydrogens (primary N) is 1. The van der Waals surface area contributed by atoms with E-state index in [0.717, 1.165) is 22.9 Å². The Labute approximate surface area is 162 Å². The van der Waals surface area contributed by atoms with Crippen LogP contribution < -0.4 is 16.4 Å². The molecule has 0 unspecified atom stereocenters. The standard InChI is InChI=1S/C14H16FN3.C4H10.C3H6O2/c1-17-14-7-6-12(8-13(14)16)18-9-10-2-4-11(15)5-3-10;1-4(2)3;1-2-5-3-4/h2-8,17-18H,9,16H2,1H3;4H,1-3H3;3H,2H2,1H3. The van der Waals surface area contributed by atoms with E-state index in [0.29, 0.717) is 25.3 Å². The molecule has 150 valence electrons. The zero-order valence-corrected chi connectivity index (χ0v) is 16.9. The van der Waals surface area contributed by atoms with Crippen molar-refractivity contribution in [2.24, 2.45) is 5.92 Å². The first-order chi connectivity index (χ1) is 12.8. The van der Waals surface area contributed by atoms with Gasteiger partial charge < -0.3 is 21.1 Å². The summed E-state index contributed by atoms with van der Waals surface area (Å²) in [5.41, 5.74) is 9.43. The second-order valence-corrected chi connectivity index (χ2v) is 6.32. The summed E-state index contributed by atoms with van der Waals surface area (Å²) >= 11 is 0. The highest BCUT2D eigenvalue weighted by atomic mass is 19.1. The van der Waals surface area contributed by atoms with Crippen molar-refractivity contribution in [2.45, 2.75) is 34.2 Å². The van der Waals surface area contributed by atoms with Crippen LogP contribution in [0.25, 0.3) is 0 Å². The maximum Gasteiger partial charge on any atom is 0.293 e. The lowest BCUT2D eigenvalue weighted by Gasteiger charge is -2.10. The predicted molar refractivity (Wildman–Crippen MR) is 112 cm³/mol. The molecule has 0 radical (unpaired) electrons. The number of nitrogens with one attached hydrogen (secondary N) is 2. The normalized spacial score (nSPS) is 9.30. The van der Waals surface area contributed by atoms with E-state index >= 15 is 0 Å². The van der Waals surface area contributed by atoms with Crippen LogP contribution in [0.3, 0.4) is 0 Å². The number of benzene rings is 2. The summed E-state index contributed by atoms with van der Waals surface area (Å²) in [5, 5.41) is 6.25. The monoisotopic (exact) mass is 377 g/mol. The van der Waals surface area contributed by atoms with Crippen molar-refractivity contribution in [3.05, 3.63) is 53.8 Å². The molecule has 0 aliphatic rings. The molecule has 0 fully saturated rings. The number of hydrogen-bond donors (Lipinski definition) is 3. The number of anilines is 3. The Morgan fingerprint density at radius 2 is 1.74 bits per heavy atom. The third-order valence-corrected chi connectivity index (χ3v) is 2.97. The lowest BCUT2D eigenvalue weighted by molar-refractivity contribution is -0.128. The van der Waals surface area contributed by atoms with Crippen molar-refractivity contribution in [3.63, 3.8) is 0 Å². The second kappa shape index (κ2) is 14.4. The van der Waals surface area contributed by atoms with Gasteiger partial charge in [-0.15, -0.1) is 0 Å². The van der Waals surface area contributed by atoms with Crippen LogP contribution >= 0.6 is 0 Å². The fourth-order valence-corrected chi connectivity index (χ4v) is 1.77. The van der Waals surface area contributed by atoms with Gasteiger partial charge in [-0.2, -0.15) is 0 Å². The lowest BCUT2D eigenvalue weighted by Crippen LogP contribution is -2.01. The maximum atomic E-state index is 12.7. The van der Waals surface area contributed by atoms with Gasteiger partial charge in [-0.3, -0.25) is 4.79 Å². The molecule has 27 heavy (non-hydrogen) atoms. The summed E-state index contributed by atoms with van der Waals surface area (Å²) < 4.78 is 16.9. The number of ether oxygens (including phenoxy) is 1. The number of rotatable bonds is 6. The first-order valence-electron chi connectivity index (χ1n) is 8.94. The SMILES string of the molecule is CC(C)C.CCOC=O.CNc1ccc(NCc2ccc(F)cc2)cc1N. The molecule has 0 aliphatic carbocycles. The average Bonchev–Trinajstić information content (AvgIpc) is 2.62. The molecule has 0 heterocycles. The van der Waals surface area contributed by atoms with Crippen molar-refractivity contribution < 1.29 is 13.9 Å². The van der Waals surface area contributed by atoms with E-state index in [9.17, 15) is 9.18 Å². The largest absolute Gasteiger partial charge is 0.468 e. The minimum atomic E-state index is -0.221. The third kappa shape index (κ3) is 12.3. The summed E-state index contributed by atoms with van der Waals surface area (Å²) in [6.45, 7) is 9.80. The van der Waals surface area contributed by atoms with Gasteiger partial charge in [0.05, 0.1) is 18.0 Å². The Hall–Kier alpha value is -2.76. The van der Waals surface area contributed by atoms with Crippen molar-refractivity contribution in [1.82, 2.24) is 0 Å². The van der Waals surface area contributed by atoms with Gasteiger partial charge in [0.2, 0.25) is 0 Å². The molecule has 0 aromatic heterocycles. The van der Waals surface area contributed by atoms with Gasteiger partial charge in [-0.1, -0.05) is 32.9 Å². The van der Waals surface area contributed by atoms with Gasteiger partial charge in [0.15, 0.2) is 0 Å². The van der Waals surface area contributed by atoms with Gasteiger partial charge in [-0.05, 0) is 48.7 Å². The van der Waals surface area contributed by atoms with Gasteiger partial charge in [-0.25, -0.2) is 4.39 Å². The Bertz CT molecular complexity index is 644. The first-order valence-corrected chi connectivity index (χ1v) is 8.94. The molecule has 0 saturated heterocycles. The predicted octanol–water partition coefficient (Wildman–Crippen LogP) is 4.90. The fraction of sp³-hybridized carbons (Fsp3) is 0.381. The molecular formula is C21H32FN3O2. The van der Waals surface area contributed by atoms with Crippen LogP contribution in [0.5, 0.6) is 0 Å². The summed E-state index contributed by atoms with van der Waals surface area (Å²) in [4.78, 5) is 9.18. The minimum Gasteiger partial charge on any atom is -0.468 e. The highest BCUT2D eigenvalue weighted by Gasteiger charge is 1.99. The molecule has 0 saturated carbocycles. The zero-order valence-electron chi connectivity index (χ0n) is 16.9. The highest BCUT2D eigenvalue weighted by molar-refractivity contribution is 5.71. The quantitative estimate of drug-likeness (QED) is 0.493. The summed E-state index contributed by atoms with van der Waals surface area (Å²) in [5.74, 6) is 0.612. The van der Waals surface area contributed by atoms with E-state index in [2.05, 4.69) is 36.1 Å². The number of halogens is 1. The molecule has 2 rings (SSSR count). The summed E-state index contributed by atoms with van der Waals surface area (Å²) in [7, 11) is 1.83. The van der Waals surface area contributed by atoms with Gasteiger partial charge >= 0.3 is 0 Å². The van der Waals surface area contributed by atoms with Crippen molar-refractivity contribution in [2.75, 3.05) is 30.0 Å². The topological polar surface area (TPSA) is 76.4 Å². The fourth-order valence-electron chi connectivity index (χ4n) is 1.77. The molecule has 0 amide bonds. The summed E-state index contributed by atoms with van der Waals surface area (Å²) in [6.07, 6.45) is 0. The van der Waals surface area contributed by atoms with Crippen LogP contribution in [-0.4, -0.2) is 20.1 Å². The molecule has 4 N–H and O–H groups in total. The molecule has 0 bridgehead atoms. The van der Waals surface area contributed by atoms with E-state index in [-0.39, 0.29) is 5.82 Å². The van der Waals surface area contributed by atoms with Crippen LogP contribution in [0.15, 0.2) is 42.5 Å². The average molecular weight is 378 g/mol. The van der Waals surface area contributed by atoms with Crippen LogP contribution in [0, 0.1) is 11.7 Å². The van der Waals surface area contributed by atoms with E-state index in [1.54, 1.807) is 19.1 Å². The van der Waals surface area contributed by atoms with Crippen LogP contribution in [0.1, 0.15) is 33.3 Å². The lowest BCUT2D eigenvalue weighted by atomic mass is 10.2. The van der Waals surface area contributed by atoms with Gasteiger partial charge in [0, 0.05) is 19.3 Å². The molecule has 2 aromatic carbocycles. The minimum absolute atomic E-state index is 0.221. The van der Waals surface area contributed by atoms with E-state index in [4.69, 9.17) is 5.73 Å². The Balaban J connectivity index is 0.000000630. The zero-order chi connectivity index (χ0) is 20.7. The molecule has 0 atom stereocenters. The van der Waals surface area contributed by atoms with E-state index in [1.165, 1.54) is 12.1 Å². The van der Waals surface area contributed by atoms with E-state index < -0.39 is 0 Å². The molecule has 6 heteroatoms. The smallest absolute Gasteiger partial charge is 0.293 e. The molecule has 0 spiro atoms. The Morgan fingerprint density at radius 3 is 2.15 bits per heavy atom. The van der Waals surface area contributed by atoms with Crippen LogP contribution in [0.2, 0.25) is 0 Å². The summed E-state index contributed by atoms with van der Waals surface area (Å²) in [6, 6.07) is 12.2. The number of nitrogen functional groups attached to an aromatic ring is 1. The van der Waals surface area contributed by atoms with E-state index in [1.807, 2.05) is 25.2 Å². The maximum absolute atomic E-state index is 12.7. The number of carbonyl (C=O) groups excluding carboxylic acids is 1.